The molecule has 2 amide bonds. The van der Waals surface area contributed by atoms with Crippen molar-refractivity contribution in [3.63, 3.8) is 0 Å². The van der Waals surface area contributed by atoms with Crippen LogP contribution in [0.15, 0.2) is 0 Å². The molecule has 0 spiro atoms. The average Bonchev–Trinajstić information content (AvgIpc) is 2.66. The van der Waals surface area contributed by atoms with Crippen molar-refractivity contribution in [2.75, 3.05) is 13.1 Å². The van der Waals surface area contributed by atoms with Crippen molar-refractivity contribution in [3.8, 4) is 12.3 Å². The van der Waals surface area contributed by atoms with E-state index in [2.05, 4.69) is 11.2 Å². The van der Waals surface area contributed by atoms with Gasteiger partial charge in [0, 0.05) is 25.9 Å². The standard InChI is InChI=1S/C11H16N2O4/c1-2-3-4-5-12-11(17)13-7-8(14)6-9(13)10(15)16/h1,8-9,14H,3-7H2,(H,12,17)(H,15,16). The Morgan fingerprint density at radius 1 is 1.53 bits per heavy atom. The smallest absolute Gasteiger partial charge is 0.326 e. The molecule has 0 aliphatic carbocycles. The molecule has 1 fully saturated rings. The summed E-state index contributed by atoms with van der Waals surface area (Å²) in [4.78, 5) is 23.7. The number of hydrogen-bond donors (Lipinski definition) is 3. The van der Waals surface area contributed by atoms with E-state index in [1.807, 2.05) is 0 Å². The van der Waals surface area contributed by atoms with Crippen molar-refractivity contribution in [3.05, 3.63) is 0 Å². The first-order valence-corrected chi connectivity index (χ1v) is 5.45. The van der Waals surface area contributed by atoms with Gasteiger partial charge in [-0.05, 0) is 6.42 Å². The molecule has 17 heavy (non-hydrogen) atoms. The number of aliphatic hydroxyl groups excluding tert-OH is 1. The fourth-order valence-electron chi connectivity index (χ4n) is 1.76. The summed E-state index contributed by atoms with van der Waals surface area (Å²) in [7, 11) is 0. The van der Waals surface area contributed by atoms with Crippen LogP contribution >= 0.6 is 0 Å². The molecule has 2 unspecified atom stereocenters. The van der Waals surface area contributed by atoms with Crippen LogP contribution in [0.5, 0.6) is 0 Å². The van der Waals surface area contributed by atoms with Gasteiger partial charge in [0.15, 0.2) is 0 Å². The summed E-state index contributed by atoms with van der Waals surface area (Å²) in [5, 5.41) is 20.8. The zero-order valence-corrected chi connectivity index (χ0v) is 9.43. The number of nitrogens with one attached hydrogen (secondary N) is 1. The number of unbranched alkanes of at least 4 members (excludes halogenated alkanes) is 1. The molecule has 6 nitrogen and oxygen atoms in total. The van der Waals surface area contributed by atoms with E-state index in [4.69, 9.17) is 11.5 Å². The summed E-state index contributed by atoms with van der Waals surface area (Å²) in [6.07, 6.45) is 5.58. The van der Waals surface area contributed by atoms with Gasteiger partial charge in [0.05, 0.1) is 6.10 Å². The second kappa shape index (κ2) is 6.11. The summed E-state index contributed by atoms with van der Waals surface area (Å²) in [6, 6.07) is -1.41. The lowest BCUT2D eigenvalue weighted by Gasteiger charge is -2.21. The fraction of sp³-hybridized carbons (Fsp3) is 0.636. The van der Waals surface area contributed by atoms with E-state index >= 15 is 0 Å². The van der Waals surface area contributed by atoms with E-state index < -0.39 is 24.1 Å². The van der Waals surface area contributed by atoms with Crippen LogP contribution in [-0.2, 0) is 4.79 Å². The van der Waals surface area contributed by atoms with Gasteiger partial charge in [-0.25, -0.2) is 9.59 Å². The highest BCUT2D eigenvalue weighted by Crippen LogP contribution is 2.17. The molecule has 1 aliphatic rings. The predicted octanol–water partition coefficient (Wildman–Crippen LogP) is -0.371. The van der Waals surface area contributed by atoms with E-state index in [0.29, 0.717) is 19.4 Å². The number of aliphatic hydroxyl groups is 1. The number of carbonyl (C=O) groups is 2. The molecule has 0 saturated carbocycles. The summed E-state index contributed by atoms with van der Waals surface area (Å²) in [6.45, 7) is 0.458. The number of terminal acetylenes is 1. The number of carbonyl (C=O) groups excluding carboxylic acids is 1. The minimum atomic E-state index is -1.10. The third-order valence-corrected chi connectivity index (χ3v) is 2.60. The van der Waals surface area contributed by atoms with E-state index in [1.165, 1.54) is 0 Å². The quantitative estimate of drug-likeness (QED) is 0.462. The van der Waals surface area contributed by atoms with Crippen molar-refractivity contribution >= 4 is 12.0 Å². The van der Waals surface area contributed by atoms with E-state index in [0.717, 1.165) is 4.90 Å². The molecule has 0 aromatic rings. The lowest BCUT2D eigenvalue weighted by molar-refractivity contribution is -0.141. The van der Waals surface area contributed by atoms with Crippen molar-refractivity contribution in [2.24, 2.45) is 0 Å². The van der Waals surface area contributed by atoms with Gasteiger partial charge in [0.25, 0.3) is 0 Å². The summed E-state index contributed by atoms with van der Waals surface area (Å²) >= 11 is 0. The minimum Gasteiger partial charge on any atom is -0.480 e. The number of nitrogens with zero attached hydrogens (tertiary/aromatic N) is 1. The van der Waals surface area contributed by atoms with Gasteiger partial charge in [-0.15, -0.1) is 12.3 Å². The fourth-order valence-corrected chi connectivity index (χ4v) is 1.76. The molecule has 0 aromatic heterocycles. The minimum absolute atomic E-state index is 0.0535. The van der Waals surface area contributed by atoms with Gasteiger partial charge < -0.3 is 20.4 Å². The molecule has 1 aliphatic heterocycles. The van der Waals surface area contributed by atoms with Gasteiger partial charge >= 0.3 is 12.0 Å². The normalized spacial score (nSPS) is 23.2. The maximum atomic E-state index is 11.7. The Hall–Kier alpha value is -1.74. The topological polar surface area (TPSA) is 89.9 Å². The van der Waals surface area contributed by atoms with Crippen molar-refractivity contribution in [1.29, 1.82) is 0 Å². The summed E-state index contributed by atoms with van der Waals surface area (Å²) in [5.41, 5.74) is 0. The highest BCUT2D eigenvalue weighted by Gasteiger charge is 2.38. The largest absolute Gasteiger partial charge is 0.480 e. The van der Waals surface area contributed by atoms with Gasteiger partial charge in [-0.2, -0.15) is 0 Å². The third kappa shape index (κ3) is 3.64. The molecule has 0 aromatic carbocycles. The lowest BCUT2D eigenvalue weighted by atomic mass is 10.2. The number of amides is 2. The van der Waals surface area contributed by atoms with Crippen LogP contribution in [0.25, 0.3) is 0 Å². The van der Waals surface area contributed by atoms with Gasteiger partial charge in [0.2, 0.25) is 0 Å². The van der Waals surface area contributed by atoms with Crippen LogP contribution in [0.1, 0.15) is 19.3 Å². The van der Waals surface area contributed by atoms with Gasteiger partial charge in [-0.1, -0.05) is 0 Å². The number of carboxylic acids is 1. The van der Waals surface area contributed by atoms with Crippen LogP contribution < -0.4 is 5.32 Å². The molecule has 6 heteroatoms. The van der Waals surface area contributed by atoms with Crippen LogP contribution in [0.2, 0.25) is 0 Å². The monoisotopic (exact) mass is 240 g/mol. The first kappa shape index (κ1) is 13.3. The van der Waals surface area contributed by atoms with Crippen LogP contribution in [-0.4, -0.2) is 52.3 Å². The highest BCUT2D eigenvalue weighted by atomic mass is 16.4. The molecule has 94 valence electrons. The second-order valence-electron chi connectivity index (χ2n) is 3.94. The zero-order chi connectivity index (χ0) is 12.8. The number of hydrogen-bond acceptors (Lipinski definition) is 3. The summed E-state index contributed by atoms with van der Waals surface area (Å²) in [5.74, 6) is 1.35. The van der Waals surface area contributed by atoms with E-state index in [1.54, 1.807) is 0 Å². The molecule has 1 saturated heterocycles. The predicted molar refractivity (Wildman–Crippen MR) is 60.2 cm³/mol. The SMILES string of the molecule is C#CCCCNC(=O)N1CC(O)CC1C(=O)O. The Morgan fingerprint density at radius 3 is 2.82 bits per heavy atom. The number of urea groups is 1. The molecule has 3 N–H and O–H groups in total. The molecule has 1 rings (SSSR count). The molecular formula is C11H16N2O4. The lowest BCUT2D eigenvalue weighted by Crippen LogP contribution is -2.46. The Labute approximate surface area is 99.6 Å². The van der Waals surface area contributed by atoms with Gasteiger partial charge in [-0.3, -0.25) is 0 Å². The molecule has 0 bridgehead atoms. The number of β-amino-alcohol motifs (C(OH)–C–C–N with tert-alkyl or cyclic N) is 1. The Bertz CT molecular complexity index is 337. The number of likely N-dealkylation sites (tertiary alicyclic amines) is 1. The van der Waals surface area contributed by atoms with Crippen LogP contribution in [0.4, 0.5) is 4.79 Å². The maximum absolute atomic E-state index is 11.7. The molecular weight excluding hydrogens is 224 g/mol. The molecule has 0 radical (unpaired) electrons. The van der Waals surface area contributed by atoms with Crippen molar-refractivity contribution in [1.82, 2.24) is 10.2 Å². The number of carboxylic acid groups (broad SMARTS) is 1. The second-order valence-corrected chi connectivity index (χ2v) is 3.94. The van der Waals surface area contributed by atoms with Crippen molar-refractivity contribution in [2.45, 2.75) is 31.4 Å². The van der Waals surface area contributed by atoms with Gasteiger partial charge in [0.1, 0.15) is 6.04 Å². The Morgan fingerprint density at radius 2 is 2.24 bits per heavy atom. The van der Waals surface area contributed by atoms with Crippen molar-refractivity contribution < 1.29 is 19.8 Å². The Balaban J connectivity index is 2.44. The van der Waals surface area contributed by atoms with Crippen LogP contribution in [0, 0.1) is 12.3 Å². The zero-order valence-electron chi connectivity index (χ0n) is 9.43. The summed E-state index contributed by atoms with van der Waals surface area (Å²) < 4.78 is 0. The number of aliphatic carboxylic acids is 1. The highest BCUT2D eigenvalue weighted by molar-refractivity contribution is 5.83. The maximum Gasteiger partial charge on any atom is 0.326 e. The first-order valence-electron chi connectivity index (χ1n) is 5.45. The third-order valence-electron chi connectivity index (χ3n) is 2.60. The van der Waals surface area contributed by atoms with E-state index in [-0.39, 0.29) is 13.0 Å². The van der Waals surface area contributed by atoms with Crippen LogP contribution in [0.3, 0.4) is 0 Å². The average molecular weight is 240 g/mol. The first-order chi connectivity index (χ1) is 8.06. The molecule has 1 heterocycles. The molecule has 2 atom stereocenters. The van der Waals surface area contributed by atoms with E-state index in [9.17, 15) is 14.7 Å². The Kier molecular flexibility index (Phi) is 4.79. The number of rotatable bonds is 4.